The highest BCUT2D eigenvalue weighted by atomic mass is 16.3. The Kier molecular flexibility index (Phi) is 10.5. The lowest BCUT2D eigenvalue weighted by molar-refractivity contribution is 0.470. The van der Waals surface area contributed by atoms with E-state index in [0.717, 1.165) is 5.56 Å². The number of aryl methyl sites for hydroxylation is 1. The van der Waals surface area contributed by atoms with Gasteiger partial charge in [0.25, 0.3) is 0 Å². The molecule has 0 bridgehead atoms. The average Bonchev–Trinajstić information content (AvgIpc) is 2.27. The van der Waals surface area contributed by atoms with E-state index in [1.807, 2.05) is 46.8 Å². The zero-order valence-electron chi connectivity index (χ0n) is 11.3. The lowest BCUT2D eigenvalue weighted by Crippen LogP contribution is -1.87. The molecular weight excluding hydrogens is 184 g/mol. The fourth-order valence-corrected chi connectivity index (χ4v) is 1.04. The third-order valence-corrected chi connectivity index (χ3v) is 1.89. The summed E-state index contributed by atoms with van der Waals surface area (Å²) in [4.78, 5) is 0. The van der Waals surface area contributed by atoms with Gasteiger partial charge in [-0.2, -0.15) is 0 Å². The van der Waals surface area contributed by atoms with Crippen molar-refractivity contribution in [1.82, 2.24) is 0 Å². The molecule has 1 aromatic rings. The van der Waals surface area contributed by atoms with E-state index in [0.29, 0.717) is 11.7 Å². The Morgan fingerprint density at radius 1 is 1.00 bits per heavy atom. The normalized spacial score (nSPS) is 8.53. The van der Waals surface area contributed by atoms with Crippen LogP contribution in [0.2, 0.25) is 0 Å². The predicted molar refractivity (Wildman–Crippen MR) is 69.6 cm³/mol. The molecular formula is C14H26O. The van der Waals surface area contributed by atoms with Crippen LogP contribution in [0.3, 0.4) is 0 Å². The Bertz CT molecular complexity index is 252. The number of phenols is 1. The zero-order chi connectivity index (χ0) is 12.4. The molecule has 1 aromatic carbocycles. The molecule has 15 heavy (non-hydrogen) atoms. The van der Waals surface area contributed by atoms with Crippen LogP contribution >= 0.6 is 0 Å². The number of rotatable bonds is 1. The summed E-state index contributed by atoms with van der Waals surface area (Å²) in [7, 11) is 0. The molecule has 88 valence electrons. The van der Waals surface area contributed by atoms with Crippen molar-refractivity contribution in [2.75, 3.05) is 0 Å². The van der Waals surface area contributed by atoms with Gasteiger partial charge >= 0.3 is 0 Å². The van der Waals surface area contributed by atoms with Gasteiger partial charge in [-0.1, -0.05) is 53.7 Å². The highest BCUT2D eigenvalue weighted by Crippen LogP contribution is 2.21. The molecule has 0 aliphatic rings. The minimum atomic E-state index is 0.384. The lowest BCUT2D eigenvalue weighted by Gasteiger charge is -2.06. The van der Waals surface area contributed by atoms with Crippen molar-refractivity contribution in [3.05, 3.63) is 29.3 Å². The summed E-state index contributed by atoms with van der Waals surface area (Å²) >= 11 is 0. The van der Waals surface area contributed by atoms with Gasteiger partial charge in [-0.25, -0.2) is 0 Å². The van der Waals surface area contributed by atoms with E-state index >= 15 is 0 Å². The molecule has 0 saturated carbocycles. The SMILES string of the molecule is CC.CC.Cc1cc(C(C)C)ccc1O. The van der Waals surface area contributed by atoms with Crippen LogP contribution in [0, 0.1) is 6.92 Å². The maximum atomic E-state index is 9.23. The van der Waals surface area contributed by atoms with Gasteiger partial charge in [0.2, 0.25) is 0 Å². The van der Waals surface area contributed by atoms with E-state index in [-0.39, 0.29) is 0 Å². The Morgan fingerprint density at radius 2 is 1.47 bits per heavy atom. The van der Waals surface area contributed by atoms with Crippen LogP contribution in [0.15, 0.2) is 18.2 Å². The van der Waals surface area contributed by atoms with E-state index in [1.165, 1.54) is 5.56 Å². The van der Waals surface area contributed by atoms with Gasteiger partial charge in [-0.05, 0) is 30.0 Å². The first-order chi connectivity index (χ1) is 7.11. The number of benzene rings is 1. The summed E-state index contributed by atoms with van der Waals surface area (Å²) in [6.07, 6.45) is 0. The molecule has 0 heterocycles. The topological polar surface area (TPSA) is 20.2 Å². The number of hydrogen-bond donors (Lipinski definition) is 1. The summed E-state index contributed by atoms with van der Waals surface area (Å²) in [5, 5.41) is 9.23. The van der Waals surface area contributed by atoms with Crippen LogP contribution in [0.25, 0.3) is 0 Å². The Hall–Kier alpha value is -0.980. The van der Waals surface area contributed by atoms with Crippen molar-refractivity contribution >= 4 is 0 Å². The molecule has 1 nitrogen and oxygen atoms in total. The summed E-state index contributed by atoms with van der Waals surface area (Å²) < 4.78 is 0. The monoisotopic (exact) mass is 210 g/mol. The number of hydrogen-bond acceptors (Lipinski definition) is 1. The first kappa shape index (κ1) is 16.4. The smallest absolute Gasteiger partial charge is 0.118 e. The van der Waals surface area contributed by atoms with Crippen LogP contribution in [0.5, 0.6) is 5.75 Å². The fraction of sp³-hybridized carbons (Fsp3) is 0.571. The Balaban J connectivity index is 0. The largest absolute Gasteiger partial charge is 0.508 e. The molecule has 0 saturated heterocycles. The minimum Gasteiger partial charge on any atom is -0.508 e. The van der Waals surface area contributed by atoms with Crippen LogP contribution in [0.4, 0.5) is 0 Å². The van der Waals surface area contributed by atoms with E-state index in [2.05, 4.69) is 13.8 Å². The standard InChI is InChI=1S/C10H14O.2C2H6/c1-7(2)9-4-5-10(11)8(3)6-9;2*1-2/h4-7,11H,1-3H3;2*1-2H3. The van der Waals surface area contributed by atoms with Crippen molar-refractivity contribution in [1.29, 1.82) is 0 Å². The molecule has 0 amide bonds. The van der Waals surface area contributed by atoms with E-state index in [1.54, 1.807) is 6.07 Å². The van der Waals surface area contributed by atoms with Crippen LogP contribution in [0.1, 0.15) is 58.6 Å². The van der Waals surface area contributed by atoms with Crippen LogP contribution in [-0.2, 0) is 0 Å². The van der Waals surface area contributed by atoms with Gasteiger partial charge in [0, 0.05) is 0 Å². The van der Waals surface area contributed by atoms with Gasteiger partial charge in [-0.15, -0.1) is 0 Å². The Morgan fingerprint density at radius 3 is 1.80 bits per heavy atom. The van der Waals surface area contributed by atoms with Gasteiger partial charge in [-0.3, -0.25) is 0 Å². The van der Waals surface area contributed by atoms with Crippen LogP contribution in [-0.4, -0.2) is 5.11 Å². The van der Waals surface area contributed by atoms with Crippen LogP contribution < -0.4 is 0 Å². The lowest BCUT2D eigenvalue weighted by atomic mass is 10.0. The molecule has 0 spiro atoms. The van der Waals surface area contributed by atoms with Crippen molar-refractivity contribution in [3.63, 3.8) is 0 Å². The van der Waals surface area contributed by atoms with Gasteiger partial charge < -0.3 is 5.11 Å². The van der Waals surface area contributed by atoms with Crippen molar-refractivity contribution < 1.29 is 5.11 Å². The Labute approximate surface area is 95.2 Å². The summed E-state index contributed by atoms with van der Waals surface area (Å²) in [5.41, 5.74) is 2.23. The van der Waals surface area contributed by atoms with E-state index < -0.39 is 0 Å². The molecule has 1 rings (SSSR count). The first-order valence-corrected chi connectivity index (χ1v) is 5.91. The first-order valence-electron chi connectivity index (χ1n) is 5.91. The second-order valence-electron chi connectivity index (χ2n) is 3.20. The second kappa shape index (κ2) is 9.57. The maximum Gasteiger partial charge on any atom is 0.118 e. The summed E-state index contributed by atoms with van der Waals surface area (Å²) in [6.45, 7) is 14.2. The van der Waals surface area contributed by atoms with Gasteiger partial charge in [0.05, 0.1) is 0 Å². The number of phenolic OH excluding ortho intramolecular Hbond substituents is 1. The van der Waals surface area contributed by atoms with E-state index in [9.17, 15) is 5.11 Å². The maximum absolute atomic E-state index is 9.23. The van der Waals surface area contributed by atoms with Crippen molar-refractivity contribution in [2.45, 2.75) is 54.4 Å². The molecule has 0 atom stereocenters. The van der Waals surface area contributed by atoms with E-state index in [4.69, 9.17) is 0 Å². The molecule has 0 unspecified atom stereocenters. The second-order valence-corrected chi connectivity index (χ2v) is 3.20. The van der Waals surface area contributed by atoms with Crippen molar-refractivity contribution in [3.8, 4) is 5.75 Å². The molecule has 1 N–H and O–H groups in total. The average molecular weight is 210 g/mol. The summed E-state index contributed by atoms with van der Waals surface area (Å²) in [6, 6.07) is 5.75. The quantitative estimate of drug-likeness (QED) is 0.700. The number of aromatic hydroxyl groups is 1. The molecule has 0 aromatic heterocycles. The highest BCUT2D eigenvalue weighted by molar-refractivity contribution is 5.35. The third-order valence-electron chi connectivity index (χ3n) is 1.89. The van der Waals surface area contributed by atoms with Gasteiger partial charge in [0.15, 0.2) is 0 Å². The van der Waals surface area contributed by atoms with Gasteiger partial charge in [0.1, 0.15) is 5.75 Å². The molecule has 0 aliphatic heterocycles. The molecule has 0 fully saturated rings. The highest BCUT2D eigenvalue weighted by Gasteiger charge is 2.00. The fourth-order valence-electron chi connectivity index (χ4n) is 1.04. The molecule has 1 heteroatoms. The van der Waals surface area contributed by atoms with Crippen molar-refractivity contribution in [2.24, 2.45) is 0 Å². The molecule has 0 aliphatic carbocycles. The third kappa shape index (κ3) is 6.16. The minimum absolute atomic E-state index is 0.384. The zero-order valence-corrected chi connectivity index (χ0v) is 11.3. The predicted octanol–water partition coefficient (Wildman–Crippen LogP) is 4.88. The summed E-state index contributed by atoms with van der Waals surface area (Å²) in [5.74, 6) is 0.920. The molecule has 0 radical (unpaired) electrons.